The van der Waals surface area contributed by atoms with E-state index in [1.807, 2.05) is 18.2 Å². The molecule has 1 heterocycles. The van der Waals surface area contributed by atoms with Crippen molar-refractivity contribution in [3.8, 4) is 0 Å². The van der Waals surface area contributed by atoms with E-state index in [1.54, 1.807) is 6.07 Å². The quantitative estimate of drug-likeness (QED) is 0.784. The van der Waals surface area contributed by atoms with Gasteiger partial charge in [0.2, 0.25) is 0 Å². The van der Waals surface area contributed by atoms with E-state index in [4.69, 9.17) is 0 Å². The Labute approximate surface area is 103 Å². The predicted octanol–water partition coefficient (Wildman–Crippen LogP) is 0.898. The van der Waals surface area contributed by atoms with Crippen LogP contribution in [-0.2, 0) is 9.53 Å². The van der Waals surface area contributed by atoms with E-state index >= 15 is 0 Å². The third-order valence-electron chi connectivity index (χ3n) is 2.49. The number of carbonyl (C=O) groups is 1. The highest BCUT2D eigenvalue weighted by Crippen LogP contribution is 2.16. The lowest BCUT2D eigenvalue weighted by Crippen LogP contribution is -2.16. The zero-order chi connectivity index (χ0) is 13.0. The molecule has 0 spiro atoms. The third kappa shape index (κ3) is 2.65. The van der Waals surface area contributed by atoms with Crippen LogP contribution in [0.5, 0.6) is 0 Å². The van der Waals surface area contributed by atoms with Crippen molar-refractivity contribution in [1.29, 1.82) is 0 Å². The number of benzene rings is 1. The second-order valence-corrected chi connectivity index (χ2v) is 3.69. The van der Waals surface area contributed by atoms with Crippen molar-refractivity contribution in [3.63, 3.8) is 0 Å². The molecule has 6 heteroatoms. The number of nitrogens with zero attached hydrogens (tertiary/aromatic N) is 1. The number of fused-ring (bicyclic) bond motifs is 1. The fourth-order valence-corrected chi connectivity index (χ4v) is 1.62. The number of H-pyrrole nitrogens is 1. The first-order valence-corrected chi connectivity index (χ1v) is 5.50. The van der Waals surface area contributed by atoms with Crippen LogP contribution in [0.2, 0.25) is 0 Å². The maximum Gasteiger partial charge on any atom is 0.347 e. The molecule has 94 valence electrons. The Morgan fingerprint density at radius 3 is 3.00 bits per heavy atom. The molecule has 1 aromatic heterocycles. The first-order chi connectivity index (χ1) is 8.70. The van der Waals surface area contributed by atoms with Gasteiger partial charge in [0.25, 0.3) is 0 Å². The van der Waals surface area contributed by atoms with Crippen LogP contribution in [0.15, 0.2) is 29.1 Å². The number of hydrogen-bond donors (Lipinski definition) is 2. The highest BCUT2D eigenvalue weighted by Gasteiger charge is 2.05. The van der Waals surface area contributed by atoms with Crippen molar-refractivity contribution in [3.05, 3.63) is 34.7 Å². The van der Waals surface area contributed by atoms with Gasteiger partial charge in [-0.25, -0.2) is 4.79 Å². The van der Waals surface area contributed by atoms with E-state index in [2.05, 4.69) is 20.0 Å². The van der Waals surface area contributed by atoms with Gasteiger partial charge in [0.05, 0.1) is 19.0 Å². The monoisotopic (exact) mass is 247 g/mol. The number of carbonyl (C=O) groups excluding carboxylic acids is 1. The molecule has 0 radical (unpaired) electrons. The second kappa shape index (κ2) is 5.31. The average molecular weight is 247 g/mol. The minimum atomic E-state index is -0.422. The molecule has 2 N–H and O–H groups in total. The Bertz CT molecular complexity index is 621. The minimum absolute atomic E-state index is 0.222. The molecule has 0 unspecified atom stereocenters. The molecule has 0 saturated heterocycles. The molecule has 0 aliphatic carbocycles. The molecule has 0 amide bonds. The van der Waals surface area contributed by atoms with Gasteiger partial charge in [-0.2, -0.15) is 4.98 Å². The summed E-state index contributed by atoms with van der Waals surface area (Å²) in [5.41, 5.74) is 0.285. The largest absolute Gasteiger partial charge is 0.469 e. The molecule has 0 fully saturated rings. The molecule has 18 heavy (non-hydrogen) atoms. The molecule has 0 aliphatic heterocycles. The summed E-state index contributed by atoms with van der Waals surface area (Å²) in [6.07, 6.45) is 0.222. The van der Waals surface area contributed by atoms with Crippen LogP contribution in [0.4, 0.5) is 5.82 Å². The maximum atomic E-state index is 11.4. The van der Waals surface area contributed by atoms with Gasteiger partial charge in [-0.15, -0.1) is 0 Å². The fraction of sp³-hybridized carbons (Fsp3) is 0.250. The summed E-state index contributed by atoms with van der Waals surface area (Å²) in [5.74, 6) is 0.162. The van der Waals surface area contributed by atoms with Crippen molar-refractivity contribution < 1.29 is 9.53 Å². The summed E-state index contributed by atoms with van der Waals surface area (Å²) < 4.78 is 4.53. The number of aromatic nitrogens is 2. The number of aromatic amines is 1. The first kappa shape index (κ1) is 12.1. The van der Waals surface area contributed by atoms with E-state index in [-0.39, 0.29) is 12.4 Å². The summed E-state index contributed by atoms with van der Waals surface area (Å²) in [5, 5.41) is 3.77. The van der Waals surface area contributed by atoms with Crippen molar-refractivity contribution in [1.82, 2.24) is 9.97 Å². The van der Waals surface area contributed by atoms with Crippen molar-refractivity contribution >= 4 is 22.7 Å². The fourth-order valence-electron chi connectivity index (χ4n) is 1.62. The van der Waals surface area contributed by atoms with Gasteiger partial charge in [-0.3, -0.25) is 4.79 Å². The lowest BCUT2D eigenvalue weighted by atomic mass is 10.2. The molecule has 2 aromatic rings. The van der Waals surface area contributed by atoms with Gasteiger partial charge in [-0.1, -0.05) is 12.1 Å². The van der Waals surface area contributed by atoms with Crippen LogP contribution in [0.25, 0.3) is 10.9 Å². The smallest absolute Gasteiger partial charge is 0.347 e. The SMILES string of the molecule is COC(=O)CCNc1nc(=O)[nH]c2ccccc12. The van der Waals surface area contributed by atoms with Crippen LogP contribution in [0, 0.1) is 0 Å². The van der Waals surface area contributed by atoms with Crippen LogP contribution >= 0.6 is 0 Å². The Hall–Kier alpha value is -2.37. The molecule has 0 bridgehead atoms. The van der Waals surface area contributed by atoms with E-state index < -0.39 is 5.69 Å². The van der Waals surface area contributed by atoms with E-state index in [1.165, 1.54) is 7.11 Å². The Morgan fingerprint density at radius 2 is 2.22 bits per heavy atom. The lowest BCUT2D eigenvalue weighted by Gasteiger charge is -2.07. The molecule has 6 nitrogen and oxygen atoms in total. The number of para-hydroxylation sites is 1. The van der Waals surface area contributed by atoms with Crippen LogP contribution < -0.4 is 11.0 Å². The predicted molar refractivity (Wildman–Crippen MR) is 67.5 cm³/mol. The van der Waals surface area contributed by atoms with Crippen LogP contribution in [0.1, 0.15) is 6.42 Å². The average Bonchev–Trinajstić information content (AvgIpc) is 2.38. The maximum absolute atomic E-state index is 11.4. The molecule has 0 aliphatic rings. The van der Waals surface area contributed by atoms with Gasteiger partial charge >= 0.3 is 11.7 Å². The topological polar surface area (TPSA) is 84.1 Å². The number of methoxy groups -OCH3 is 1. The van der Waals surface area contributed by atoms with Gasteiger partial charge in [0, 0.05) is 11.9 Å². The number of rotatable bonds is 4. The van der Waals surface area contributed by atoms with E-state index in [9.17, 15) is 9.59 Å². The zero-order valence-electron chi connectivity index (χ0n) is 9.90. The van der Waals surface area contributed by atoms with Crippen molar-refractivity contribution in [2.24, 2.45) is 0 Å². The Morgan fingerprint density at radius 1 is 1.44 bits per heavy atom. The highest BCUT2D eigenvalue weighted by atomic mass is 16.5. The standard InChI is InChI=1S/C12H13N3O3/c1-18-10(16)6-7-13-11-8-4-2-3-5-9(8)14-12(17)15-11/h2-5H,6-7H2,1H3,(H2,13,14,15,17). The summed E-state index contributed by atoms with van der Waals surface area (Å²) in [4.78, 5) is 28.8. The zero-order valence-corrected chi connectivity index (χ0v) is 9.90. The number of nitrogens with one attached hydrogen (secondary N) is 2. The van der Waals surface area contributed by atoms with Gasteiger partial charge in [0.15, 0.2) is 0 Å². The minimum Gasteiger partial charge on any atom is -0.469 e. The Balaban J connectivity index is 2.22. The summed E-state index contributed by atoms with van der Waals surface area (Å²) in [6, 6.07) is 7.33. The third-order valence-corrected chi connectivity index (χ3v) is 2.49. The van der Waals surface area contributed by atoms with Gasteiger partial charge in [-0.05, 0) is 12.1 Å². The number of hydrogen-bond acceptors (Lipinski definition) is 5. The molecule has 0 atom stereocenters. The van der Waals surface area contributed by atoms with Crippen LogP contribution in [0.3, 0.4) is 0 Å². The van der Waals surface area contributed by atoms with E-state index in [0.717, 1.165) is 5.39 Å². The van der Waals surface area contributed by atoms with Gasteiger partial charge in [0.1, 0.15) is 5.82 Å². The number of anilines is 1. The first-order valence-electron chi connectivity index (χ1n) is 5.50. The normalized spacial score (nSPS) is 10.3. The molecule has 2 rings (SSSR count). The molecule has 1 aromatic carbocycles. The summed E-state index contributed by atoms with van der Waals surface area (Å²) in [7, 11) is 1.34. The molecular formula is C12H13N3O3. The van der Waals surface area contributed by atoms with Crippen LogP contribution in [-0.4, -0.2) is 29.6 Å². The number of ether oxygens (including phenoxy) is 1. The van der Waals surface area contributed by atoms with E-state index in [0.29, 0.717) is 17.9 Å². The van der Waals surface area contributed by atoms with Gasteiger partial charge < -0.3 is 15.0 Å². The second-order valence-electron chi connectivity index (χ2n) is 3.69. The van der Waals surface area contributed by atoms with Crippen molar-refractivity contribution in [2.75, 3.05) is 19.0 Å². The Kier molecular flexibility index (Phi) is 3.57. The molecule has 0 saturated carbocycles. The molecular weight excluding hydrogens is 234 g/mol. The summed E-state index contributed by atoms with van der Waals surface area (Å²) >= 11 is 0. The van der Waals surface area contributed by atoms with Crippen molar-refractivity contribution in [2.45, 2.75) is 6.42 Å². The highest BCUT2D eigenvalue weighted by molar-refractivity contribution is 5.88. The summed E-state index contributed by atoms with van der Waals surface area (Å²) in [6.45, 7) is 0.368. The lowest BCUT2D eigenvalue weighted by molar-refractivity contribution is -0.140. The number of esters is 1.